The van der Waals surface area contributed by atoms with Crippen LogP contribution in [-0.4, -0.2) is 7.11 Å². The van der Waals surface area contributed by atoms with Gasteiger partial charge in [0.05, 0.1) is 6.10 Å². The van der Waals surface area contributed by atoms with Gasteiger partial charge < -0.3 is 9.15 Å². The third-order valence-corrected chi connectivity index (χ3v) is 4.97. The maximum Gasteiger partial charge on any atom is 0.134 e. The minimum absolute atomic E-state index is 0.107. The van der Waals surface area contributed by atoms with Crippen LogP contribution < -0.4 is 0 Å². The highest BCUT2D eigenvalue weighted by Crippen LogP contribution is 2.42. The Balaban J connectivity index is 1.62. The summed E-state index contributed by atoms with van der Waals surface area (Å²) in [6.45, 7) is 0. The van der Waals surface area contributed by atoms with E-state index in [0.717, 1.165) is 36.3 Å². The van der Waals surface area contributed by atoms with Gasteiger partial charge in [0.15, 0.2) is 0 Å². The topological polar surface area (TPSA) is 22.4 Å². The van der Waals surface area contributed by atoms with Crippen molar-refractivity contribution in [1.82, 2.24) is 0 Å². The van der Waals surface area contributed by atoms with Crippen LogP contribution in [0, 0.1) is 5.92 Å². The van der Waals surface area contributed by atoms with Crippen LogP contribution in [0.2, 0.25) is 0 Å². The van der Waals surface area contributed by atoms with Gasteiger partial charge in [-0.15, -0.1) is 0 Å². The lowest BCUT2D eigenvalue weighted by atomic mass is 9.81. The molecule has 24 heavy (non-hydrogen) atoms. The first-order valence-corrected chi connectivity index (χ1v) is 8.60. The lowest BCUT2D eigenvalue weighted by Gasteiger charge is -2.30. The molecule has 3 aromatic rings. The van der Waals surface area contributed by atoms with E-state index in [2.05, 4.69) is 48.5 Å². The van der Waals surface area contributed by atoms with Gasteiger partial charge in [-0.05, 0) is 30.4 Å². The Morgan fingerprint density at radius 1 is 1.00 bits per heavy atom. The summed E-state index contributed by atoms with van der Waals surface area (Å²) in [6.07, 6.45) is 3.24. The minimum Gasteiger partial charge on any atom is -0.461 e. The molecule has 2 heteroatoms. The monoisotopic (exact) mass is 318 g/mol. The number of benzene rings is 2. The van der Waals surface area contributed by atoms with Crippen molar-refractivity contribution in [2.45, 2.75) is 25.4 Å². The summed E-state index contributed by atoms with van der Waals surface area (Å²) in [6, 6.07) is 23.2. The molecule has 1 aliphatic rings. The van der Waals surface area contributed by atoms with Crippen LogP contribution in [-0.2, 0) is 17.6 Å². The normalized spacial score (nSPS) is 19.9. The van der Waals surface area contributed by atoms with E-state index in [1.165, 1.54) is 11.1 Å². The zero-order chi connectivity index (χ0) is 16.4. The Morgan fingerprint density at radius 2 is 1.71 bits per heavy atom. The maximum atomic E-state index is 6.14. The molecule has 0 unspecified atom stereocenters. The highest BCUT2D eigenvalue weighted by Gasteiger charge is 2.32. The summed E-state index contributed by atoms with van der Waals surface area (Å²) in [5.74, 6) is 2.53. The van der Waals surface area contributed by atoms with Gasteiger partial charge in [-0.1, -0.05) is 60.7 Å². The molecule has 2 atom stereocenters. The predicted octanol–water partition coefficient (Wildman–Crippen LogP) is 5.44. The fourth-order valence-corrected chi connectivity index (χ4v) is 3.79. The van der Waals surface area contributed by atoms with Crippen molar-refractivity contribution in [3.63, 3.8) is 0 Å². The van der Waals surface area contributed by atoms with Crippen LogP contribution in [0.1, 0.15) is 29.4 Å². The predicted molar refractivity (Wildman–Crippen MR) is 95.9 cm³/mol. The van der Waals surface area contributed by atoms with Crippen molar-refractivity contribution < 1.29 is 9.15 Å². The van der Waals surface area contributed by atoms with E-state index in [1.54, 1.807) is 0 Å². The van der Waals surface area contributed by atoms with E-state index < -0.39 is 0 Å². The Labute approximate surface area is 143 Å². The molecule has 2 aromatic carbocycles. The van der Waals surface area contributed by atoms with Gasteiger partial charge in [-0.2, -0.15) is 0 Å². The number of hydrogen-bond acceptors (Lipinski definition) is 2. The third-order valence-electron chi connectivity index (χ3n) is 4.97. The maximum absolute atomic E-state index is 6.14. The molecule has 0 aliphatic heterocycles. The van der Waals surface area contributed by atoms with Gasteiger partial charge in [0, 0.05) is 24.7 Å². The van der Waals surface area contributed by atoms with E-state index >= 15 is 0 Å². The molecular formula is C22H22O2. The fraction of sp³-hybridized carbons (Fsp3) is 0.273. The van der Waals surface area contributed by atoms with Crippen molar-refractivity contribution in [2.75, 3.05) is 7.11 Å². The van der Waals surface area contributed by atoms with Crippen LogP contribution in [0.4, 0.5) is 0 Å². The lowest BCUT2D eigenvalue weighted by molar-refractivity contribution is 0.0382. The molecule has 0 N–H and O–H groups in total. The summed E-state index contributed by atoms with van der Waals surface area (Å²) in [5, 5.41) is 0. The number of ether oxygens (including phenoxy) is 1. The summed E-state index contributed by atoms with van der Waals surface area (Å²) in [4.78, 5) is 0. The van der Waals surface area contributed by atoms with Crippen LogP contribution in [0.5, 0.6) is 0 Å². The molecule has 0 spiro atoms. The molecule has 1 aliphatic carbocycles. The molecule has 1 heterocycles. The number of rotatable bonds is 4. The summed E-state index contributed by atoms with van der Waals surface area (Å²) in [7, 11) is 1.81. The molecule has 4 rings (SSSR count). The van der Waals surface area contributed by atoms with E-state index in [4.69, 9.17) is 9.15 Å². The van der Waals surface area contributed by atoms with Gasteiger partial charge in [-0.25, -0.2) is 0 Å². The van der Waals surface area contributed by atoms with Crippen molar-refractivity contribution in [3.8, 4) is 11.3 Å². The first-order valence-electron chi connectivity index (χ1n) is 8.60. The third kappa shape index (κ3) is 2.90. The lowest BCUT2D eigenvalue weighted by Crippen LogP contribution is -2.23. The number of fused-ring (bicyclic) bond motifs is 1. The molecule has 0 bridgehead atoms. The smallest absolute Gasteiger partial charge is 0.134 e. The highest BCUT2D eigenvalue weighted by atomic mass is 16.5. The molecule has 0 fully saturated rings. The Morgan fingerprint density at radius 3 is 2.42 bits per heavy atom. The van der Waals surface area contributed by atoms with E-state index in [0.29, 0.717) is 5.92 Å². The number of hydrogen-bond donors (Lipinski definition) is 0. The molecule has 0 saturated heterocycles. The second-order valence-electron chi connectivity index (χ2n) is 6.50. The van der Waals surface area contributed by atoms with E-state index in [-0.39, 0.29) is 6.10 Å². The molecule has 0 saturated carbocycles. The number of aryl methyl sites for hydroxylation is 1. The van der Waals surface area contributed by atoms with Gasteiger partial charge in [0.2, 0.25) is 0 Å². The SMILES string of the molecule is CO[C@@H]1c2cc(-c3ccccc3)oc2CC[C@@H]1Cc1ccccc1. The highest BCUT2D eigenvalue weighted by molar-refractivity contribution is 5.59. The molecule has 0 radical (unpaired) electrons. The molecule has 1 aromatic heterocycles. The first kappa shape index (κ1) is 15.2. The zero-order valence-electron chi connectivity index (χ0n) is 13.9. The van der Waals surface area contributed by atoms with Gasteiger partial charge in [0.1, 0.15) is 11.5 Å². The second-order valence-corrected chi connectivity index (χ2v) is 6.50. The Hall–Kier alpha value is -2.32. The number of methoxy groups -OCH3 is 1. The van der Waals surface area contributed by atoms with Crippen molar-refractivity contribution in [2.24, 2.45) is 5.92 Å². The van der Waals surface area contributed by atoms with Crippen molar-refractivity contribution in [1.29, 1.82) is 0 Å². The first-order chi connectivity index (χ1) is 11.8. The van der Waals surface area contributed by atoms with Gasteiger partial charge >= 0.3 is 0 Å². The van der Waals surface area contributed by atoms with Gasteiger partial charge in [-0.3, -0.25) is 0 Å². The fourth-order valence-electron chi connectivity index (χ4n) is 3.79. The Bertz CT molecular complexity index is 789. The Kier molecular flexibility index (Phi) is 4.22. The second kappa shape index (κ2) is 6.66. The average molecular weight is 318 g/mol. The van der Waals surface area contributed by atoms with Crippen molar-refractivity contribution in [3.05, 3.63) is 83.6 Å². The minimum atomic E-state index is 0.107. The van der Waals surface area contributed by atoms with Gasteiger partial charge in [0.25, 0.3) is 0 Å². The zero-order valence-corrected chi connectivity index (χ0v) is 13.9. The van der Waals surface area contributed by atoms with Crippen LogP contribution in [0.25, 0.3) is 11.3 Å². The molecule has 122 valence electrons. The standard InChI is InChI=1S/C22H22O2/c1-23-22-18(14-16-8-4-2-5-9-16)12-13-20-19(22)15-21(24-20)17-10-6-3-7-11-17/h2-11,15,18,22H,12-14H2,1H3/t18-,22+/m1/s1. The van der Waals surface area contributed by atoms with E-state index in [9.17, 15) is 0 Å². The van der Waals surface area contributed by atoms with Crippen molar-refractivity contribution >= 4 is 0 Å². The summed E-state index contributed by atoms with van der Waals surface area (Å²) < 4.78 is 12.0. The number of furan rings is 1. The van der Waals surface area contributed by atoms with E-state index in [1.807, 2.05) is 25.3 Å². The molecule has 0 amide bonds. The van der Waals surface area contributed by atoms with Crippen LogP contribution >= 0.6 is 0 Å². The van der Waals surface area contributed by atoms with Crippen LogP contribution in [0.15, 0.2) is 71.1 Å². The summed E-state index contributed by atoms with van der Waals surface area (Å²) in [5.41, 5.74) is 3.73. The van der Waals surface area contributed by atoms with Crippen LogP contribution in [0.3, 0.4) is 0 Å². The molecular weight excluding hydrogens is 296 g/mol. The quantitative estimate of drug-likeness (QED) is 0.639. The summed E-state index contributed by atoms with van der Waals surface area (Å²) >= 11 is 0. The largest absolute Gasteiger partial charge is 0.461 e. The average Bonchev–Trinajstić information content (AvgIpc) is 3.07. The molecule has 2 nitrogen and oxygen atoms in total.